The van der Waals surface area contributed by atoms with Gasteiger partial charge in [0, 0.05) is 0 Å². The van der Waals surface area contributed by atoms with Crippen LogP contribution in [-0.2, 0) is 9.53 Å². The molecule has 0 fully saturated rings. The van der Waals surface area contributed by atoms with E-state index < -0.39 is 0 Å². The summed E-state index contributed by atoms with van der Waals surface area (Å²) in [4.78, 5) is 11.9. The Labute approximate surface area is 75.0 Å². The largest absolute Gasteiger partial charge is 0.430 e. The van der Waals surface area contributed by atoms with Crippen LogP contribution >= 0.6 is 0 Å². The van der Waals surface area contributed by atoms with Gasteiger partial charge in [-0.1, -0.05) is 13.8 Å². The van der Waals surface area contributed by atoms with E-state index in [1.54, 1.807) is 6.92 Å². The molecule has 0 radical (unpaired) electrons. The monoisotopic (exact) mass is 173 g/mol. The van der Waals surface area contributed by atoms with E-state index in [-0.39, 0.29) is 5.97 Å². The van der Waals surface area contributed by atoms with Crippen molar-refractivity contribution in [3.63, 3.8) is 0 Å². The smallest absolute Gasteiger partial charge is 0.341 e. The Morgan fingerprint density at radius 3 is 1.50 bits per heavy atom. The fourth-order valence-electron chi connectivity index (χ4n) is 0.225. The Kier molecular flexibility index (Phi) is 9.47. The van der Waals surface area contributed by atoms with E-state index in [0.717, 1.165) is 0 Å². The Bertz CT molecular complexity index is 148. The molecule has 0 N–H and O–H groups in total. The van der Waals surface area contributed by atoms with Gasteiger partial charge in [-0.25, -0.2) is 4.79 Å². The molecule has 0 saturated carbocycles. The highest BCUT2D eigenvalue weighted by atomic mass is 16.5. The molecule has 1 aliphatic rings. The molecule has 1 rings (SSSR count). The molecule has 0 aliphatic carbocycles. The van der Waals surface area contributed by atoms with E-state index in [9.17, 15) is 4.79 Å². The Hall–Kier alpha value is -0.830. The van der Waals surface area contributed by atoms with Gasteiger partial charge in [0.15, 0.2) is 0 Å². The van der Waals surface area contributed by atoms with Crippen LogP contribution in [0.15, 0.2) is 11.8 Å². The van der Waals surface area contributed by atoms with E-state index in [2.05, 4.69) is 4.74 Å². The number of carbonyl (C=O) groups is 1. The van der Waals surface area contributed by atoms with Gasteiger partial charge in [-0.2, -0.15) is 0 Å². The van der Waals surface area contributed by atoms with E-state index >= 15 is 0 Å². The molecule has 0 spiro atoms. The lowest BCUT2D eigenvalue weighted by atomic mass is 10.3. The van der Waals surface area contributed by atoms with Crippen molar-refractivity contribution < 1.29 is 9.53 Å². The molecule has 1 heterocycles. The maximum Gasteiger partial charge on any atom is 0.341 e. The Morgan fingerprint density at radius 1 is 1.25 bits per heavy atom. The van der Waals surface area contributed by atoms with Gasteiger partial charge in [0.05, 0.1) is 5.57 Å². The van der Waals surface area contributed by atoms with Crippen LogP contribution in [0.1, 0.15) is 20.8 Å². The fraction of sp³-hybridized carbons (Fsp3) is 0.667. The summed E-state index contributed by atoms with van der Waals surface area (Å²) in [5, 5.41) is 0. The van der Waals surface area contributed by atoms with Crippen LogP contribution in [0.2, 0.25) is 0 Å². The minimum absolute atomic E-state index is 0.199. The average Bonchev–Trinajstić information content (AvgIpc) is 2.04. The SMILES string of the molecule is CC.CC1=COC1=O.CN(C)C. The predicted molar refractivity (Wildman–Crippen MR) is 50.8 cm³/mol. The molecule has 3 nitrogen and oxygen atoms in total. The molecule has 0 aromatic rings. The predicted octanol–water partition coefficient (Wildman–Crippen LogP) is 1.65. The van der Waals surface area contributed by atoms with Gasteiger partial charge in [-0.05, 0) is 28.1 Å². The molecule has 0 aromatic heterocycles. The second-order valence-corrected chi connectivity index (χ2v) is 2.55. The molecule has 0 bridgehead atoms. The molecule has 0 unspecified atom stereocenters. The molecular weight excluding hydrogens is 154 g/mol. The van der Waals surface area contributed by atoms with Crippen molar-refractivity contribution >= 4 is 5.97 Å². The van der Waals surface area contributed by atoms with Crippen molar-refractivity contribution in [2.75, 3.05) is 21.1 Å². The summed E-state index contributed by atoms with van der Waals surface area (Å²) in [5.41, 5.74) is 0.704. The maximum absolute atomic E-state index is 9.94. The molecule has 0 aromatic carbocycles. The summed E-state index contributed by atoms with van der Waals surface area (Å²) in [5.74, 6) is -0.199. The number of hydrogen-bond acceptors (Lipinski definition) is 3. The summed E-state index contributed by atoms with van der Waals surface area (Å²) in [7, 11) is 6.00. The van der Waals surface area contributed by atoms with Crippen LogP contribution < -0.4 is 0 Å². The van der Waals surface area contributed by atoms with Gasteiger partial charge in [0.1, 0.15) is 6.26 Å². The van der Waals surface area contributed by atoms with Gasteiger partial charge >= 0.3 is 5.97 Å². The van der Waals surface area contributed by atoms with Crippen molar-refractivity contribution in [2.24, 2.45) is 0 Å². The van der Waals surface area contributed by atoms with E-state index in [0.29, 0.717) is 5.57 Å². The van der Waals surface area contributed by atoms with E-state index in [1.807, 2.05) is 39.9 Å². The second-order valence-electron chi connectivity index (χ2n) is 2.55. The number of ether oxygens (including phenoxy) is 1. The number of esters is 1. The first kappa shape index (κ1) is 13.7. The topological polar surface area (TPSA) is 29.5 Å². The second kappa shape index (κ2) is 8.27. The van der Waals surface area contributed by atoms with Gasteiger partial charge in [-0.15, -0.1) is 0 Å². The molecular formula is C9H19NO2. The number of hydrogen-bond donors (Lipinski definition) is 0. The quantitative estimate of drug-likeness (QED) is 0.522. The lowest BCUT2D eigenvalue weighted by molar-refractivity contribution is -0.138. The maximum atomic E-state index is 9.94. The molecule has 0 saturated heterocycles. The van der Waals surface area contributed by atoms with Crippen LogP contribution in [0, 0.1) is 0 Å². The number of rotatable bonds is 0. The van der Waals surface area contributed by atoms with Gasteiger partial charge in [0.2, 0.25) is 0 Å². The fourth-order valence-corrected chi connectivity index (χ4v) is 0.225. The zero-order chi connectivity index (χ0) is 10.1. The highest BCUT2D eigenvalue weighted by molar-refractivity contribution is 5.92. The van der Waals surface area contributed by atoms with Gasteiger partial charge in [0.25, 0.3) is 0 Å². The highest BCUT2D eigenvalue weighted by Crippen LogP contribution is 2.06. The molecule has 1 aliphatic heterocycles. The third kappa shape index (κ3) is 9.17. The van der Waals surface area contributed by atoms with Crippen molar-refractivity contribution in [1.29, 1.82) is 0 Å². The van der Waals surface area contributed by atoms with Crippen LogP contribution in [0.3, 0.4) is 0 Å². The molecule has 3 heteroatoms. The summed E-state index contributed by atoms with van der Waals surface area (Å²) in [6, 6.07) is 0. The number of cyclic esters (lactones) is 1. The van der Waals surface area contributed by atoms with Crippen molar-refractivity contribution in [2.45, 2.75) is 20.8 Å². The Morgan fingerprint density at radius 2 is 1.50 bits per heavy atom. The van der Waals surface area contributed by atoms with E-state index in [1.165, 1.54) is 6.26 Å². The molecule has 72 valence electrons. The third-order valence-corrected chi connectivity index (χ3v) is 0.665. The van der Waals surface area contributed by atoms with E-state index in [4.69, 9.17) is 0 Å². The van der Waals surface area contributed by atoms with Gasteiger partial charge in [-0.3, -0.25) is 0 Å². The van der Waals surface area contributed by atoms with Crippen LogP contribution in [0.25, 0.3) is 0 Å². The summed E-state index contributed by atoms with van der Waals surface area (Å²) >= 11 is 0. The van der Waals surface area contributed by atoms with Crippen LogP contribution in [0.4, 0.5) is 0 Å². The minimum atomic E-state index is -0.199. The molecule has 0 atom stereocenters. The number of nitrogens with zero attached hydrogens (tertiary/aromatic N) is 1. The highest BCUT2D eigenvalue weighted by Gasteiger charge is 2.12. The van der Waals surface area contributed by atoms with Crippen LogP contribution in [-0.4, -0.2) is 32.0 Å². The normalized spacial score (nSPS) is 12.6. The first-order valence-corrected chi connectivity index (χ1v) is 4.02. The molecule has 0 amide bonds. The summed E-state index contributed by atoms with van der Waals surface area (Å²) < 4.78 is 4.24. The summed E-state index contributed by atoms with van der Waals surface area (Å²) in [6.07, 6.45) is 1.43. The standard InChI is InChI=1S/C4H4O2.C3H9N.C2H6/c1-3-2-6-4(3)5;1-4(2)3;1-2/h2H,1H3;1-3H3;1-2H3. The van der Waals surface area contributed by atoms with Crippen LogP contribution in [0.5, 0.6) is 0 Å². The van der Waals surface area contributed by atoms with Crippen molar-refractivity contribution in [3.8, 4) is 0 Å². The third-order valence-electron chi connectivity index (χ3n) is 0.665. The zero-order valence-corrected chi connectivity index (χ0v) is 8.84. The zero-order valence-electron chi connectivity index (χ0n) is 8.84. The van der Waals surface area contributed by atoms with Gasteiger partial charge < -0.3 is 9.64 Å². The summed E-state index contributed by atoms with van der Waals surface area (Å²) in [6.45, 7) is 5.71. The molecule has 12 heavy (non-hydrogen) atoms. The van der Waals surface area contributed by atoms with Crippen molar-refractivity contribution in [3.05, 3.63) is 11.8 Å². The Balaban J connectivity index is 0. The minimum Gasteiger partial charge on any atom is -0.430 e. The van der Waals surface area contributed by atoms with Crippen molar-refractivity contribution in [1.82, 2.24) is 4.90 Å². The first-order valence-electron chi connectivity index (χ1n) is 4.02. The lowest BCUT2D eigenvalue weighted by Crippen LogP contribution is -2.10. The first-order chi connectivity index (χ1) is 5.54. The average molecular weight is 173 g/mol. The lowest BCUT2D eigenvalue weighted by Gasteiger charge is -2.05. The number of carbonyl (C=O) groups excluding carboxylic acids is 1.